The molecule has 0 fully saturated rings. The molecule has 2 heterocycles. The summed E-state index contributed by atoms with van der Waals surface area (Å²) in [7, 11) is 1.93. The van der Waals surface area contributed by atoms with Gasteiger partial charge in [-0.3, -0.25) is 14.6 Å². The summed E-state index contributed by atoms with van der Waals surface area (Å²) in [6, 6.07) is 7.53. The molecule has 1 aromatic heterocycles. The molecule has 2 N–H and O–H groups in total. The van der Waals surface area contributed by atoms with E-state index in [-0.39, 0.29) is 30.0 Å². The van der Waals surface area contributed by atoms with Gasteiger partial charge in [0.05, 0.1) is 18.9 Å². The van der Waals surface area contributed by atoms with Crippen molar-refractivity contribution in [2.75, 3.05) is 13.7 Å². The highest BCUT2D eigenvalue weighted by atomic mass is 35.5. The van der Waals surface area contributed by atoms with Gasteiger partial charge in [-0.05, 0) is 57.7 Å². The highest BCUT2D eigenvalue weighted by molar-refractivity contribution is 6.30. The fourth-order valence-electron chi connectivity index (χ4n) is 3.45. The number of aromatic nitrogens is 1. The van der Waals surface area contributed by atoms with E-state index < -0.39 is 0 Å². The van der Waals surface area contributed by atoms with E-state index in [0.29, 0.717) is 36.1 Å². The van der Waals surface area contributed by atoms with E-state index in [2.05, 4.69) is 36.9 Å². The van der Waals surface area contributed by atoms with E-state index in [1.807, 2.05) is 50.2 Å². The molecule has 0 bridgehead atoms. The fourth-order valence-corrected chi connectivity index (χ4v) is 3.58. The molecule has 8 nitrogen and oxygen atoms in total. The van der Waals surface area contributed by atoms with Gasteiger partial charge >= 0.3 is 5.97 Å². The highest BCUT2D eigenvalue weighted by Gasteiger charge is 2.30. The lowest BCUT2D eigenvalue weighted by molar-refractivity contribution is -0.135. The molecule has 0 amide bonds. The first kappa shape index (κ1) is 26.5. The summed E-state index contributed by atoms with van der Waals surface area (Å²) in [5, 5.41) is 2.58. The lowest BCUT2D eigenvalue weighted by Crippen LogP contribution is -2.53. The van der Waals surface area contributed by atoms with E-state index in [4.69, 9.17) is 25.9 Å². The number of hydrogen-bond acceptors (Lipinski definition) is 8. The molecule has 0 unspecified atom stereocenters. The van der Waals surface area contributed by atoms with Crippen LogP contribution < -0.4 is 15.9 Å². The number of esters is 1. The molecule has 3 rings (SSSR count). The minimum Gasteiger partial charge on any atom is -0.424 e. The standard InChI is InChI=1S/C25H35ClN4O4/c1-16(11-12-33-29-28-30(6)25(3,4)5)13-22(31)34-23-17(2)27-14-20-21(23)15-32-24(20)18-7-9-19(26)10-8-18/h7-10,14,16,24,28-29H,11-13,15H2,1-6H3/t16-,24-/m0/s1. The van der Waals surface area contributed by atoms with Crippen LogP contribution in [0.4, 0.5) is 0 Å². The molecule has 34 heavy (non-hydrogen) atoms. The molecule has 186 valence electrons. The summed E-state index contributed by atoms with van der Waals surface area (Å²) >= 11 is 6.01. The predicted octanol–water partition coefficient (Wildman–Crippen LogP) is 4.66. The molecule has 1 aliphatic heterocycles. The molecule has 1 aliphatic rings. The number of aryl methyl sites for hydroxylation is 1. The zero-order valence-electron chi connectivity index (χ0n) is 20.8. The number of hydrazine groups is 2. The van der Waals surface area contributed by atoms with E-state index >= 15 is 0 Å². The number of pyridine rings is 1. The summed E-state index contributed by atoms with van der Waals surface area (Å²) in [4.78, 5) is 22.5. The van der Waals surface area contributed by atoms with Crippen LogP contribution in [0.2, 0.25) is 5.02 Å². The normalized spacial score (nSPS) is 16.5. The summed E-state index contributed by atoms with van der Waals surface area (Å²) in [6.07, 6.45) is 2.53. The lowest BCUT2D eigenvalue weighted by Gasteiger charge is -2.31. The van der Waals surface area contributed by atoms with Crippen molar-refractivity contribution in [3.8, 4) is 5.75 Å². The monoisotopic (exact) mass is 490 g/mol. The molecule has 0 radical (unpaired) electrons. The van der Waals surface area contributed by atoms with Gasteiger partial charge in [-0.2, -0.15) is 5.53 Å². The van der Waals surface area contributed by atoms with Crippen molar-refractivity contribution in [3.05, 3.63) is 57.9 Å². The first-order valence-corrected chi connectivity index (χ1v) is 11.9. The van der Waals surface area contributed by atoms with Crippen LogP contribution in [0.15, 0.2) is 30.5 Å². The molecule has 9 heteroatoms. The van der Waals surface area contributed by atoms with Gasteiger partial charge in [0.2, 0.25) is 0 Å². The number of rotatable bonds is 10. The van der Waals surface area contributed by atoms with Crippen LogP contribution in [0.25, 0.3) is 0 Å². The Morgan fingerprint density at radius 3 is 2.71 bits per heavy atom. The van der Waals surface area contributed by atoms with Gasteiger partial charge in [0.15, 0.2) is 5.75 Å². The Kier molecular flexibility index (Phi) is 9.03. The molecular formula is C25H35ClN4O4. The largest absolute Gasteiger partial charge is 0.424 e. The minimum atomic E-state index is -0.292. The van der Waals surface area contributed by atoms with Crippen molar-refractivity contribution in [1.29, 1.82) is 0 Å². The third kappa shape index (κ3) is 6.97. The van der Waals surface area contributed by atoms with Crippen molar-refractivity contribution in [2.45, 2.75) is 65.7 Å². The molecule has 0 saturated carbocycles. The topological polar surface area (TPSA) is 85.0 Å². The minimum absolute atomic E-state index is 0.0438. The molecule has 1 aromatic carbocycles. The Bertz CT molecular complexity index is 978. The maximum Gasteiger partial charge on any atom is 0.311 e. The number of nitrogens with one attached hydrogen (secondary N) is 2. The van der Waals surface area contributed by atoms with Crippen LogP contribution in [-0.2, 0) is 21.0 Å². The number of carbonyl (C=O) groups is 1. The van der Waals surface area contributed by atoms with Gasteiger partial charge in [0.25, 0.3) is 0 Å². The van der Waals surface area contributed by atoms with E-state index in [9.17, 15) is 4.79 Å². The molecule has 0 aliphatic carbocycles. The Hall–Kier alpha value is -2.07. The number of fused-ring (bicyclic) bond motifs is 1. The molecule has 2 atom stereocenters. The van der Waals surface area contributed by atoms with E-state index in [0.717, 1.165) is 16.7 Å². The first-order valence-electron chi connectivity index (χ1n) is 11.5. The Morgan fingerprint density at radius 2 is 2.03 bits per heavy atom. The van der Waals surface area contributed by atoms with Gasteiger partial charge in [0, 0.05) is 41.4 Å². The quantitative estimate of drug-likeness (QED) is 0.282. The second-order valence-electron chi connectivity index (χ2n) is 9.71. The van der Waals surface area contributed by atoms with Gasteiger partial charge in [-0.25, -0.2) is 5.01 Å². The average molecular weight is 491 g/mol. The van der Waals surface area contributed by atoms with Crippen LogP contribution in [0.5, 0.6) is 5.75 Å². The third-order valence-electron chi connectivity index (χ3n) is 5.93. The summed E-state index contributed by atoms with van der Waals surface area (Å²) in [5.41, 5.74) is 9.08. The molecule has 0 spiro atoms. The van der Waals surface area contributed by atoms with Crippen molar-refractivity contribution in [3.63, 3.8) is 0 Å². The Labute approximate surface area is 206 Å². The summed E-state index contributed by atoms with van der Waals surface area (Å²) in [5.74, 6) is 0.301. The zero-order chi connectivity index (χ0) is 24.9. The van der Waals surface area contributed by atoms with Gasteiger partial charge in [-0.15, -0.1) is 5.59 Å². The Morgan fingerprint density at radius 1 is 1.32 bits per heavy atom. The van der Waals surface area contributed by atoms with Gasteiger partial charge in [0.1, 0.15) is 6.10 Å². The maximum atomic E-state index is 12.7. The van der Waals surface area contributed by atoms with Crippen LogP contribution in [0, 0.1) is 12.8 Å². The second kappa shape index (κ2) is 11.6. The number of nitrogens with zero attached hydrogens (tertiary/aromatic N) is 2. The number of halogens is 1. The number of carbonyl (C=O) groups excluding carboxylic acids is 1. The van der Waals surface area contributed by atoms with Crippen molar-refractivity contribution < 1.29 is 19.1 Å². The fraction of sp³-hybridized carbons (Fsp3) is 0.520. The molecule has 2 aromatic rings. The van der Waals surface area contributed by atoms with Crippen molar-refractivity contribution in [2.24, 2.45) is 5.92 Å². The zero-order valence-corrected chi connectivity index (χ0v) is 21.5. The lowest BCUT2D eigenvalue weighted by atomic mass is 10.00. The number of benzene rings is 1. The van der Waals surface area contributed by atoms with Gasteiger partial charge in [-0.1, -0.05) is 30.7 Å². The molecular weight excluding hydrogens is 456 g/mol. The van der Waals surface area contributed by atoms with Crippen LogP contribution >= 0.6 is 11.6 Å². The number of ether oxygens (including phenoxy) is 2. The van der Waals surface area contributed by atoms with Crippen molar-refractivity contribution in [1.82, 2.24) is 21.1 Å². The summed E-state index contributed by atoms with van der Waals surface area (Å²) < 4.78 is 11.8. The van der Waals surface area contributed by atoms with E-state index in [1.165, 1.54) is 0 Å². The Balaban J connectivity index is 1.52. The number of hydrogen-bond donors (Lipinski definition) is 2. The average Bonchev–Trinajstić information content (AvgIpc) is 3.19. The predicted molar refractivity (Wildman–Crippen MR) is 131 cm³/mol. The first-order chi connectivity index (χ1) is 16.1. The summed E-state index contributed by atoms with van der Waals surface area (Å²) in [6.45, 7) is 10.9. The van der Waals surface area contributed by atoms with Crippen LogP contribution in [0.1, 0.15) is 69.0 Å². The molecule has 0 saturated heterocycles. The second-order valence-corrected chi connectivity index (χ2v) is 10.1. The third-order valence-corrected chi connectivity index (χ3v) is 6.19. The maximum absolute atomic E-state index is 12.7. The van der Waals surface area contributed by atoms with Crippen LogP contribution in [-0.4, -0.2) is 35.2 Å². The highest BCUT2D eigenvalue weighted by Crippen LogP contribution is 2.41. The smallest absolute Gasteiger partial charge is 0.311 e. The van der Waals surface area contributed by atoms with Gasteiger partial charge < -0.3 is 9.47 Å². The van der Waals surface area contributed by atoms with Crippen LogP contribution in [0.3, 0.4) is 0 Å². The van der Waals surface area contributed by atoms with Crippen molar-refractivity contribution >= 4 is 17.6 Å². The SMILES string of the molecule is Cc1ncc2c(c1OC(=O)C[C@@H](C)CCONNN(C)C(C)(C)C)CO[C@H]2c1ccc(Cl)cc1. The van der Waals surface area contributed by atoms with E-state index in [1.54, 1.807) is 6.20 Å².